The van der Waals surface area contributed by atoms with Crippen molar-refractivity contribution in [3.8, 4) is 11.5 Å². The number of halogens is 1. The first-order chi connectivity index (χ1) is 14.0. The molecule has 29 heavy (non-hydrogen) atoms. The zero-order chi connectivity index (χ0) is 20.5. The molecular formula is C23H25ClNO4+. The van der Waals surface area contributed by atoms with Gasteiger partial charge in [-0.25, -0.2) is 4.79 Å². The van der Waals surface area contributed by atoms with Crippen molar-refractivity contribution in [2.45, 2.75) is 32.4 Å². The van der Waals surface area contributed by atoms with Gasteiger partial charge in [0.1, 0.15) is 29.7 Å². The van der Waals surface area contributed by atoms with E-state index in [2.05, 4.69) is 6.07 Å². The molecule has 1 aromatic heterocycles. The Labute approximate surface area is 174 Å². The van der Waals surface area contributed by atoms with E-state index in [0.29, 0.717) is 17.2 Å². The Kier molecular flexibility index (Phi) is 5.52. The second-order valence-electron chi connectivity index (χ2n) is 7.58. The summed E-state index contributed by atoms with van der Waals surface area (Å²) in [6.45, 7) is 3.64. The van der Waals surface area contributed by atoms with Crippen LogP contribution in [0.15, 0.2) is 45.6 Å². The number of aryl methyl sites for hydroxylation is 1. The molecule has 5 nitrogen and oxygen atoms in total. The first kappa shape index (κ1) is 19.8. The standard InChI is InChI=1S/C23H24ClNO4/c1-14-9-22-17(12-19(14)24)15(10-23(26)29-22)13-25-8-4-5-20(25)18-11-16(27-2)6-7-21(18)28-3/h6-7,9-12,20H,4-5,8,13H2,1-3H3/p+1/t20-/m1/s1. The second kappa shape index (κ2) is 8.09. The molecule has 0 aliphatic carbocycles. The van der Waals surface area contributed by atoms with E-state index in [-0.39, 0.29) is 11.7 Å². The quantitative estimate of drug-likeness (QED) is 0.647. The molecule has 2 heterocycles. The highest BCUT2D eigenvalue weighted by molar-refractivity contribution is 6.32. The molecule has 0 bridgehead atoms. The molecule has 1 fully saturated rings. The Hall–Kier alpha value is -2.50. The molecule has 1 aliphatic rings. The smallest absolute Gasteiger partial charge is 0.336 e. The number of ether oxygens (including phenoxy) is 2. The van der Waals surface area contributed by atoms with Crippen LogP contribution in [0.2, 0.25) is 5.02 Å². The van der Waals surface area contributed by atoms with Crippen LogP contribution in [-0.4, -0.2) is 20.8 Å². The van der Waals surface area contributed by atoms with E-state index < -0.39 is 0 Å². The fourth-order valence-corrected chi connectivity index (χ4v) is 4.51. The average molecular weight is 415 g/mol. The van der Waals surface area contributed by atoms with Gasteiger partial charge in [0.05, 0.1) is 26.3 Å². The number of rotatable bonds is 5. The fourth-order valence-electron chi connectivity index (χ4n) is 4.35. The van der Waals surface area contributed by atoms with Crippen LogP contribution < -0.4 is 20.0 Å². The van der Waals surface area contributed by atoms with Crippen molar-refractivity contribution >= 4 is 22.6 Å². The molecule has 2 aromatic carbocycles. The van der Waals surface area contributed by atoms with Gasteiger partial charge < -0.3 is 18.8 Å². The fraction of sp³-hybridized carbons (Fsp3) is 0.348. The molecule has 152 valence electrons. The van der Waals surface area contributed by atoms with Crippen LogP contribution in [0.4, 0.5) is 0 Å². The zero-order valence-electron chi connectivity index (χ0n) is 16.9. The minimum Gasteiger partial charge on any atom is -0.497 e. The summed E-state index contributed by atoms with van der Waals surface area (Å²) >= 11 is 6.36. The topological polar surface area (TPSA) is 53.1 Å². The van der Waals surface area contributed by atoms with E-state index in [1.54, 1.807) is 20.3 Å². The Balaban J connectivity index is 1.73. The van der Waals surface area contributed by atoms with Crippen molar-refractivity contribution < 1.29 is 18.8 Å². The first-order valence-corrected chi connectivity index (χ1v) is 10.2. The zero-order valence-corrected chi connectivity index (χ0v) is 17.6. The predicted molar refractivity (Wildman–Crippen MR) is 113 cm³/mol. The summed E-state index contributed by atoms with van der Waals surface area (Å²) in [5.74, 6) is 1.69. The van der Waals surface area contributed by atoms with Gasteiger partial charge in [-0.3, -0.25) is 0 Å². The van der Waals surface area contributed by atoms with Crippen molar-refractivity contribution in [3.63, 3.8) is 0 Å². The third-order valence-electron chi connectivity index (χ3n) is 5.82. The molecule has 6 heteroatoms. The van der Waals surface area contributed by atoms with E-state index in [0.717, 1.165) is 53.0 Å². The van der Waals surface area contributed by atoms with Crippen molar-refractivity contribution in [2.24, 2.45) is 0 Å². The van der Waals surface area contributed by atoms with Gasteiger partial charge in [-0.15, -0.1) is 0 Å². The lowest BCUT2D eigenvalue weighted by molar-refractivity contribution is -0.931. The maximum absolute atomic E-state index is 12.2. The highest BCUT2D eigenvalue weighted by Crippen LogP contribution is 2.32. The molecule has 1 saturated heterocycles. The Morgan fingerprint density at radius 2 is 2.00 bits per heavy atom. The molecule has 1 N–H and O–H groups in total. The number of likely N-dealkylation sites (tertiary alicyclic amines) is 1. The third kappa shape index (κ3) is 3.85. The molecule has 1 unspecified atom stereocenters. The van der Waals surface area contributed by atoms with Gasteiger partial charge in [-0.05, 0) is 42.8 Å². The van der Waals surface area contributed by atoms with Crippen LogP contribution in [0.3, 0.4) is 0 Å². The van der Waals surface area contributed by atoms with Crippen LogP contribution in [-0.2, 0) is 6.54 Å². The predicted octanol–water partition coefficient (Wildman–Crippen LogP) is 3.69. The first-order valence-electron chi connectivity index (χ1n) is 9.79. The number of methoxy groups -OCH3 is 2. The SMILES string of the molecule is COc1ccc(OC)c([C@H]2CCC[NH+]2Cc2cc(=O)oc3cc(C)c(Cl)cc23)c1. The summed E-state index contributed by atoms with van der Waals surface area (Å²) in [5, 5.41) is 1.57. The third-order valence-corrected chi connectivity index (χ3v) is 6.23. The van der Waals surface area contributed by atoms with Gasteiger partial charge >= 0.3 is 5.63 Å². The van der Waals surface area contributed by atoms with Crippen molar-refractivity contribution in [3.05, 3.63) is 68.5 Å². The van der Waals surface area contributed by atoms with Crippen molar-refractivity contribution in [1.82, 2.24) is 0 Å². The van der Waals surface area contributed by atoms with Crippen LogP contribution in [0, 0.1) is 6.92 Å². The number of fused-ring (bicyclic) bond motifs is 1. The van der Waals surface area contributed by atoms with E-state index >= 15 is 0 Å². The van der Waals surface area contributed by atoms with E-state index in [1.165, 1.54) is 4.90 Å². The van der Waals surface area contributed by atoms with Crippen LogP contribution in [0.25, 0.3) is 11.0 Å². The number of benzene rings is 2. The Bertz CT molecular complexity index is 1110. The number of hydrogen-bond donors (Lipinski definition) is 1. The minimum absolute atomic E-state index is 0.267. The molecule has 0 amide bonds. The van der Waals surface area contributed by atoms with Gasteiger partial charge in [0.25, 0.3) is 0 Å². The van der Waals surface area contributed by atoms with Crippen LogP contribution in [0.5, 0.6) is 11.5 Å². The monoisotopic (exact) mass is 414 g/mol. The molecule has 0 radical (unpaired) electrons. The molecule has 4 rings (SSSR count). The van der Waals surface area contributed by atoms with Gasteiger partial charge in [0.2, 0.25) is 0 Å². The summed E-state index contributed by atoms with van der Waals surface area (Å²) in [7, 11) is 3.37. The van der Waals surface area contributed by atoms with Crippen LogP contribution in [0.1, 0.15) is 35.6 Å². The minimum atomic E-state index is -0.330. The molecular weight excluding hydrogens is 390 g/mol. The second-order valence-corrected chi connectivity index (χ2v) is 7.98. The van der Waals surface area contributed by atoms with Crippen molar-refractivity contribution in [1.29, 1.82) is 0 Å². The van der Waals surface area contributed by atoms with E-state index in [9.17, 15) is 4.79 Å². The Morgan fingerprint density at radius 1 is 1.17 bits per heavy atom. The van der Waals surface area contributed by atoms with E-state index in [4.69, 9.17) is 25.5 Å². The highest BCUT2D eigenvalue weighted by Gasteiger charge is 2.33. The maximum Gasteiger partial charge on any atom is 0.336 e. The van der Waals surface area contributed by atoms with Gasteiger partial charge in [0, 0.05) is 34.9 Å². The summed E-state index contributed by atoms with van der Waals surface area (Å²) < 4.78 is 16.5. The summed E-state index contributed by atoms with van der Waals surface area (Å²) in [6.07, 6.45) is 2.16. The lowest BCUT2D eigenvalue weighted by Gasteiger charge is -2.24. The average Bonchev–Trinajstić information content (AvgIpc) is 3.17. The van der Waals surface area contributed by atoms with Gasteiger partial charge in [-0.1, -0.05) is 11.6 Å². The van der Waals surface area contributed by atoms with Gasteiger partial charge in [0.15, 0.2) is 0 Å². The summed E-state index contributed by atoms with van der Waals surface area (Å²) in [4.78, 5) is 13.6. The van der Waals surface area contributed by atoms with Crippen LogP contribution >= 0.6 is 11.6 Å². The number of nitrogens with one attached hydrogen (secondary N) is 1. The summed E-state index contributed by atoms with van der Waals surface area (Å²) in [5.41, 5.74) is 3.25. The lowest BCUT2D eigenvalue weighted by Crippen LogP contribution is -3.08. The number of quaternary nitrogens is 1. The lowest BCUT2D eigenvalue weighted by atomic mass is 10.0. The van der Waals surface area contributed by atoms with Gasteiger partial charge in [-0.2, -0.15) is 0 Å². The molecule has 3 aromatic rings. The molecule has 0 spiro atoms. The molecule has 2 atom stereocenters. The Morgan fingerprint density at radius 3 is 2.76 bits per heavy atom. The molecule has 0 saturated carbocycles. The van der Waals surface area contributed by atoms with E-state index in [1.807, 2.05) is 31.2 Å². The summed E-state index contributed by atoms with van der Waals surface area (Å²) in [6, 6.07) is 11.5. The molecule has 1 aliphatic heterocycles. The van der Waals surface area contributed by atoms with Crippen molar-refractivity contribution in [2.75, 3.05) is 20.8 Å². The maximum atomic E-state index is 12.2. The normalized spacial score (nSPS) is 18.9. The highest BCUT2D eigenvalue weighted by atomic mass is 35.5. The largest absolute Gasteiger partial charge is 0.497 e. The number of hydrogen-bond acceptors (Lipinski definition) is 4.